The fourth-order valence-electron chi connectivity index (χ4n) is 4.29. The molecule has 4 bridgehead atoms. The van der Waals surface area contributed by atoms with Crippen molar-refractivity contribution in [1.82, 2.24) is 0 Å². The molecule has 16 heavy (non-hydrogen) atoms. The van der Waals surface area contributed by atoms with Crippen molar-refractivity contribution in [3.05, 3.63) is 41.7 Å². The van der Waals surface area contributed by atoms with Gasteiger partial charge in [0.1, 0.15) is 0 Å². The minimum Gasteiger partial charge on any atom is -0.454 e. The van der Waals surface area contributed by atoms with E-state index in [9.17, 15) is 0 Å². The number of rotatable bonds is 2. The van der Waals surface area contributed by atoms with Crippen LogP contribution in [0.15, 0.2) is 30.3 Å². The van der Waals surface area contributed by atoms with Crippen LogP contribution in [0.1, 0.15) is 24.8 Å². The van der Waals surface area contributed by atoms with Gasteiger partial charge >= 0.3 is 0 Å². The average molecular weight is 212 g/mol. The van der Waals surface area contributed by atoms with Crippen molar-refractivity contribution in [1.29, 1.82) is 0 Å². The number of nitrogens with one attached hydrogen (secondary N) is 1. The van der Waals surface area contributed by atoms with Crippen molar-refractivity contribution >= 4 is 5.71 Å². The molecular formula is C14H16N2. The largest absolute Gasteiger partial charge is 0.454 e. The van der Waals surface area contributed by atoms with Crippen molar-refractivity contribution in [2.45, 2.75) is 31.7 Å². The van der Waals surface area contributed by atoms with Gasteiger partial charge in [0.05, 0.1) is 5.41 Å². The third kappa shape index (κ3) is 0.909. The summed E-state index contributed by atoms with van der Waals surface area (Å²) < 4.78 is 1.84. The van der Waals surface area contributed by atoms with E-state index in [4.69, 9.17) is 5.84 Å². The number of nitrogens with zero attached hydrogens (tertiary/aromatic N) is 1. The molecule has 2 heteroatoms. The van der Waals surface area contributed by atoms with Gasteiger partial charge in [0, 0.05) is 18.8 Å². The summed E-state index contributed by atoms with van der Waals surface area (Å²) in [6, 6.07) is 11.3. The molecule has 82 valence electrons. The fourth-order valence-corrected chi connectivity index (χ4v) is 4.29. The lowest BCUT2D eigenvalue weighted by Crippen LogP contribution is -2.26. The standard InChI is InChI=1S/C14H16N2/c15-16-12-9-14(8-11(12)6-13(14)16)7-10-4-2-1-3-5-10/h1-5,11-12,15H,6-9H2/t11-,12?,14-/m1/s1. The van der Waals surface area contributed by atoms with E-state index < -0.39 is 0 Å². The summed E-state index contributed by atoms with van der Waals surface area (Å²) in [7, 11) is 0. The Bertz CT molecular complexity index is 477. The minimum atomic E-state index is 0.373. The molecule has 1 unspecified atom stereocenters. The van der Waals surface area contributed by atoms with Gasteiger partial charge < -0.3 is 5.84 Å². The lowest BCUT2D eigenvalue weighted by Gasteiger charge is -2.20. The number of hydrogen-bond acceptors (Lipinski definition) is 0. The maximum Gasteiger partial charge on any atom is 0.155 e. The molecule has 2 aliphatic carbocycles. The molecule has 1 N–H and O–H groups in total. The third-order valence-corrected chi connectivity index (χ3v) is 4.87. The maximum absolute atomic E-state index is 8.05. The fraction of sp³-hybridized carbons (Fsp3) is 0.500. The van der Waals surface area contributed by atoms with Gasteiger partial charge in [-0.1, -0.05) is 30.3 Å². The topological polar surface area (TPSA) is 26.8 Å². The smallest absolute Gasteiger partial charge is 0.155 e. The van der Waals surface area contributed by atoms with Crippen molar-refractivity contribution in [2.75, 3.05) is 0 Å². The normalized spacial score (nSPS) is 39.0. The Morgan fingerprint density at radius 1 is 1.25 bits per heavy atom. The quantitative estimate of drug-likeness (QED) is 0.674. The molecule has 2 saturated carbocycles. The Hall–Kier alpha value is -1.31. The van der Waals surface area contributed by atoms with Crippen LogP contribution in [-0.4, -0.2) is 16.4 Å². The zero-order valence-electron chi connectivity index (χ0n) is 9.32. The molecule has 0 saturated heterocycles. The molecule has 0 radical (unpaired) electrons. The van der Waals surface area contributed by atoms with Crippen LogP contribution in [0.2, 0.25) is 0 Å². The second-order valence-electron chi connectivity index (χ2n) is 5.70. The molecule has 5 rings (SSSR count). The Labute approximate surface area is 95.7 Å². The molecule has 2 fully saturated rings. The molecule has 2 aliphatic heterocycles. The average Bonchev–Trinajstić information content (AvgIpc) is 2.95. The summed E-state index contributed by atoms with van der Waals surface area (Å²) in [5.41, 5.74) is 3.25. The maximum atomic E-state index is 8.05. The van der Waals surface area contributed by atoms with E-state index in [1.54, 1.807) is 0 Å². The first-order valence-electron chi connectivity index (χ1n) is 6.19. The molecule has 1 aromatic carbocycles. The lowest BCUT2D eigenvalue weighted by atomic mass is 9.79. The van der Waals surface area contributed by atoms with Crippen LogP contribution in [-0.2, 0) is 6.42 Å². The molecule has 1 aromatic rings. The summed E-state index contributed by atoms with van der Waals surface area (Å²) in [5.74, 6) is 8.86. The van der Waals surface area contributed by atoms with Crippen molar-refractivity contribution in [3.8, 4) is 0 Å². The van der Waals surface area contributed by atoms with E-state index in [-0.39, 0.29) is 0 Å². The van der Waals surface area contributed by atoms with Crippen molar-refractivity contribution in [3.63, 3.8) is 0 Å². The molecule has 0 spiro atoms. The highest BCUT2D eigenvalue weighted by Crippen LogP contribution is 2.59. The first kappa shape index (κ1) is 8.80. The predicted octanol–water partition coefficient (Wildman–Crippen LogP) is 2.83. The van der Waals surface area contributed by atoms with Gasteiger partial charge in [-0.25, -0.2) is 0 Å². The van der Waals surface area contributed by atoms with Gasteiger partial charge in [-0.2, -0.15) is 0 Å². The Balaban J connectivity index is 1.71. The Kier molecular flexibility index (Phi) is 1.47. The molecule has 3 atom stereocenters. The lowest BCUT2D eigenvalue weighted by molar-refractivity contribution is -0.491. The van der Waals surface area contributed by atoms with Gasteiger partial charge in [-0.3, -0.25) is 4.68 Å². The molecular weight excluding hydrogens is 196 g/mol. The van der Waals surface area contributed by atoms with E-state index in [0.717, 1.165) is 12.3 Å². The highest BCUT2D eigenvalue weighted by Gasteiger charge is 2.66. The highest BCUT2D eigenvalue weighted by atomic mass is 15.4. The first-order chi connectivity index (χ1) is 7.78. The summed E-state index contributed by atoms with van der Waals surface area (Å²) in [6.45, 7) is 0. The molecule has 0 aromatic heterocycles. The van der Waals surface area contributed by atoms with Crippen LogP contribution in [0.4, 0.5) is 0 Å². The molecule has 4 aliphatic rings. The Morgan fingerprint density at radius 2 is 2.06 bits per heavy atom. The summed E-state index contributed by atoms with van der Waals surface area (Å²) in [6.07, 6.45) is 4.95. The van der Waals surface area contributed by atoms with Crippen LogP contribution in [0.25, 0.3) is 5.84 Å². The van der Waals surface area contributed by atoms with E-state index in [0.29, 0.717) is 11.5 Å². The van der Waals surface area contributed by atoms with Crippen LogP contribution in [0.3, 0.4) is 0 Å². The monoisotopic (exact) mass is 212 g/mol. The van der Waals surface area contributed by atoms with Crippen LogP contribution >= 0.6 is 0 Å². The Morgan fingerprint density at radius 3 is 2.62 bits per heavy atom. The minimum absolute atomic E-state index is 0.373. The van der Waals surface area contributed by atoms with Crippen molar-refractivity contribution < 1.29 is 4.68 Å². The van der Waals surface area contributed by atoms with Crippen LogP contribution in [0, 0.1) is 11.3 Å². The third-order valence-electron chi connectivity index (χ3n) is 4.87. The second-order valence-corrected chi connectivity index (χ2v) is 5.70. The zero-order chi connectivity index (χ0) is 10.8. The second kappa shape index (κ2) is 2.68. The number of hydrogen-bond donors (Lipinski definition) is 0. The highest BCUT2D eigenvalue weighted by molar-refractivity contribution is 5.92. The molecule has 2 nitrogen and oxygen atoms in total. The van der Waals surface area contributed by atoms with Gasteiger partial charge in [0.2, 0.25) is 0 Å². The zero-order valence-corrected chi connectivity index (χ0v) is 9.32. The SMILES string of the molecule is [NH-][N+]1=C2C[C@@H]3C[C@]2(Cc2ccccc2)CC31. The van der Waals surface area contributed by atoms with E-state index in [1.807, 2.05) is 4.68 Å². The van der Waals surface area contributed by atoms with E-state index in [2.05, 4.69) is 30.3 Å². The van der Waals surface area contributed by atoms with E-state index >= 15 is 0 Å². The van der Waals surface area contributed by atoms with Gasteiger partial charge in [0.15, 0.2) is 11.8 Å². The predicted molar refractivity (Wildman–Crippen MR) is 63.3 cm³/mol. The van der Waals surface area contributed by atoms with E-state index in [1.165, 1.54) is 30.5 Å². The van der Waals surface area contributed by atoms with Crippen LogP contribution < -0.4 is 0 Å². The number of benzene rings is 1. The summed E-state index contributed by atoms with van der Waals surface area (Å²) >= 11 is 0. The van der Waals surface area contributed by atoms with Gasteiger partial charge in [0.25, 0.3) is 0 Å². The van der Waals surface area contributed by atoms with Crippen LogP contribution in [0.5, 0.6) is 0 Å². The molecule has 0 amide bonds. The molecule has 2 heterocycles. The summed E-state index contributed by atoms with van der Waals surface area (Å²) in [4.78, 5) is 0. The van der Waals surface area contributed by atoms with Gasteiger partial charge in [-0.05, 0) is 18.4 Å². The van der Waals surface area contributed by atoms with Crippen molar-refractivity contribution in [2.24, 2.45) is 11.3 Å². The summed E-state index contributed by atoms with van der Waals surface area (Å²) in [5, 5.41) is 0. The first-order valence-corrected chi connectivity index (χ1v) is 6.19. The van der Waals surface area contributed by atoms with Gasteiger partial charge in [-0.15, -0.1) is 0 Å².